The van der Waals surface area contributed by atoms with Crippen molar-refractivity contribution in [1.29, 1.82) is 0 Å². The Hall–Kier alpha value is 1.40. The summed E-state index contributed by atoms with van der Waals surface area (Å²) < 4.78 is 0. The van der Waals surface area contributed by atoms with Gasteiger partial charge in [-0.3, -0.25) is 0 Å². The van der Waals surface area contributed by atoms with Crippen molar-refractivity contribution in [2.75, 3.05) is 5.88 Å². The standard InChI is InChI=1S/C5H9ClO2.K/c6-4-2-1-3-5(7)8;/h1-4H2,(H,7,8);/q;+1/p-1. The Morgan fingerprint density at radius 2 is 2.00 bits per heavy atom. The second kappa shape index (κ2) is 9.40. The third kappa shape index (κ3) is 12.6. The van der Waals surface area contributed by atoms with Crippen LogP contribution < -0.4 is 56.5 Å². The molecule has 0 aliphatic carbocycles. The van der Waals surface area contributed by atoms with Crippen LogP contribution >= 0.6 is 11.6 Å². The Morgan fingerprint density at radius 3 is 2.33 bits per heavy atom. The van der Waals surface area contributed by atoms with Gasteiger partial charge in [0.15, 0.2) is 0 Å². The fraction of sp³-hybridized carbons (Fsp3) is 0.800. The van der Waals surface area contributed by atoms with E-state index in [1.54, 1.807) is 0 Å². The first-order chi connectivity index (χ1) is 3.77. The summed E-state index contributed by atoms with van der Waals surface area (Å²) in [5.41, 5.74) is 0. The molecule has 0 saturated heterocycles. The molecule has 48 valence electrons. The van der Waals surface area contributed by atoms with Gasteiger partial charge in [-0.2, -0.15) is 0 Å². The molecule has 0 aliphatic rings. The minimum absolute atomic E-state index is 0. The third-order valence-corrected chi connectivity index (χ3v) is 1.03. The van der Waals surface area contributed by atoms with E-state index in [1.807, 2.05) is 0 Å². The number of hydrogen-bond acceptors (Lipinski definition) is 2. The molecular weight excluding hydrogens is 167 g/mol. The molecule has 0 unspecified atom stereocenters. The molecule has 0 aromatic heterocycles. The maximum atomic E-state index is 9.72. The summed E-state index contributed by atoms with van der Waals surface area (Å²) >= 11 is 5.27. The average molecular weight is 175 g/mol. The zero-order valence-corrected chi connectivity index (χ0v) is 9.40. The van der Waals surface area contributed by atoms with Crippen molar-refractivity contribution < 1.29 is 61.3 Å². The van der Waals surface area contributed by atoms with E-state index in [2.05, 4.69) is 0 Å². The van der Waals surface area contributed by atoms with Crippen LogP contribution in [0, 0.1) is 0 Å². The Balaban J connectivity index is 0. The predicted molar refractivity (Wildman–Crippen MR) is 29.6 cm³/mol. The summed E-state index contributed by atoms with van der Waals surface area (Å²) in [7, 11) is 0. The second-order valence-corrected chi connectivity index (χ2v) is 1.90. The minimum Gasteiger partial charge on any atom is -0.550 e. The summed E-state index contributed by atoms with van der Waals surface area (Å²) in [5, 5.41) is 9.72. The topological polar surface area (TPSA) is 40.1 Å². The van der Waals surface area contributed by atoms with E-state index in [1.165, 1.54) is 0 Å². The van der Waals surface area contributed by atoms with Crippen LogP contribution in [0.1, 0.15) is 19.3 Å². The molecule has 0 amide bonds. The van der Waals surface area contributed by atoms with Crippen LogP contribution in [0.15, 0.2) is 0 Å². The molecule has 0 aliphatic heterocycles. The number of carboxylic acids is 1. The van der Waals surface area contributed by atoms with Gasteiger partial charge in [-0.15, -0.1) is 11.6 Å². The maximum Gasteiger partial charge on any atom is 1.00 e. The number of rotatable bonds is 4. The Bertz CT molecular complexity index is 77.4. The van der Waals surface area contributed by atoms with Crippen LogP contribution in [0.3, 0.4) is 0 Å². The quantitative estimate of drug-likeness (QED) is 0.262. The fourth-order valence-corrected chi connectivity index (χ4v) is 0.553. The number of halogens is 1. The molecule has 0 aromatic carbocycles. The van der Waals surface area contributed by atoms with E-state index in [0.29, 0.717) is 12.3 Å². The molecule has 0 rings (SSSR count). The Morgan fingerprint density at radius 1 is 1.44 bits per heavy atom. The van der Waals surface area contributed by atoms with E-state index < -0.39 is 5.97 Å². The molecular formula is C5H8ClKO2. The minimum atomic E-state index is -0.991. The number of carbonyl (C=O) groups excluding carboxylic acids is 1. The van der Waals surface area contributed by atoms with Crippen LogP contribution in [0.5, 0.6) is 0 Å². The van der Waals surface area contributed by atoms with Crippen molar-refractivity contribution >= 4 is 17.6 Å². The largest absolute Gasteiger partial charge is 1.00 e. The molecule has 0 fully saturated rings. The fourth-order valence-electron chi connectivity index (χ4n) is 0.364. The predicted octanol–water partition coefficient (Wildman–Crippen LogP) is -2.85. The first-order valence-electron chi connectivity index (χ1n) is 2.53. The number of unbranched alkanes of at least 4 members (excludes halogenated alkanes) is 1. The molecule has 0 N–H and O–H groups in total. The Kier molecular flexibility index (Phi) is 13.6. The van der Waals surface area contributed by atoms with E-state index >= 15 is 0 Å². The third-order valence-electron chi connectivity index (χ3n) is 0.765. The van der Waals surface area contributed by atoms with Crippen molar-refractivity contribution in [3.8, 4) is 0 Å². The molecule has 0 bridgehead atoms. The van der Waals surface area contributed by atoms with Gasteiger partial charge in [-0.25, -0.2) is 0 Å². The van der Waals surface area contributed by atoms with Gasteiger partial charge >= 0.3 is 51.4 Å². The van der Waals surface area contributed by atoms with Crippen LogP contribution in [-0.4, -0.2) is 11.8 Å². The second-order valence-electron chi connectivity index (χ2n) is 1.52. The van der Waals surface area contributed by atoms with Crippen LogP contribution in [0.25, 0.3) is 0 Å². The van der Waals surface area contributed by atoms with E-state index in [0.717, 1.165) is 6.42 Å². The first-order valence-corrected chi connectivity index (χ1v) is 3.06. The van der Waals surface area contributed by atoms with E-state index in [4.69, 9.17) is 11.6 Å². The van der Waals surface area contributed by atoms with Gasteiger partial charge in [0.05, 0.1) is 0 Å². The van der Waals surface area contributed by atoms with Gasteiger partial charge in [-0.05, 0) is 19.3 Å². The van der Waals surface area contributed by atoms with Crippen molar-refractivity contribution in [1.82, 2.24) is 0 Å². The zero-order valence-electron chi connectivity index (χ0n) is 5.52. The van der Waals surface area contributed by atoms with Gasteiger partial charge in [-0.1, -0.05) is 0 Å². The number of carbonyl (C=O) groups is 1. The molecule has 0 radical (unpaired) electrons. The van der Waals surface area contributed by atoms with Crippen LogP contribution in [-0.2, 0) is 4.79 Å². The number of aliphatic carboxylic acids is 1. The van der Waals surface area contributed by atoms with E-state index in [-0.39, 0.29) is 57.8 Å². The van der Waals surface area contributed by atoms with Crippen molar-refractivity contribution in [3.63, 3.8) is 0 Å². The number of carboxylic acid groups (broad SMARTS) is 1. The summed E-state index contributed by atoms with van der Waals surface area (Å²) in [5.74, 6) is -0.456. The van der Waals surface area contributed by atoms with Gasteiger partial charge in [0.25, 0.3) is 0 Å². The van der Waals surface area contributed by atoms with Gasteiger partial charge in [0.1, 0.15) is 0 Å². The SMILES string of the molecule is O=C([O-])CCCCCl.[K+]. The van der Waals surface area contributed by atoms with Crippen molar-refractivity contribution in [3.05, 3.63) is 0 Å². The van der Waals surface area contributed by atoms with Gasteiger partial charge in [0, 0.05) is 11.8 Å². The summed E-state index contributed by atoms with van der Waals surface area (Å²) in [4.78, 5) is 9.72. The molecule has 0 aromatic rings. The molecule has 0 spiro atoms. The number of hydrogen-bond donors (Lipinski definition) is 0. The normalized spacial score (nSPS) is 8.11. The van der Waals surface area contributed by atoms with Crippen molar-refractivity contribution in [2.45, 2.75) is 19.3 Å². The summed E-state index contributed by atoms with van der Waals surface area (Å²) in [6.07, 6.45) is 1.52. The maximum absolute atomic E-state index is 9.72. The molecule has 9 heavy (non-hydrogen) atoms. The van der Waals surface area contributed by atoms with Crippen molar-refractivity contribution in [2.24, 2.45) is 0 Å². The molecule has 4 heteroatoms. The first kappa shape index (κ1) is 13.0. The number of alkyl halides is 1. The van der Waals surface area contributed by atoms with Crippen LogP contribution in [0.2, 0.25) is 0 Å². The van der Waals surface area contributed by atoms with Gasteiger partial charge < -0.3 is 9.90 Å². The summed E-state index contributed by atoms with van der Waals surface area (Å²) in [6.45, 7) is 0. The molecule has 0 saturated carbocycles. The molecule has 2 nitrogen and oxygen atoms in total. The van der Waals surface area contributed by atoms with Crippen LogP contribution in [0.4, 0.5) is 0 Å². The summed E-state index contributed by atoms with van der Waals surface area (Å²) in [6, 6.07) is 0. The zero-order chi connectivity index (χ0) is 6.41. The van der Waals surface area contributed by atoms with Gasteiger partial charge in [0.2, 0.25) is 0 Å². The molecule has 0 atom stereocenters. The van der Waals surface area contributed by atoms with E-state index in [9.17, 15) is 9.90 Å². The Labute approximate surface area is 102 Å². The average Bonchev–Trinajstić information content (AvgIpc) is 1.66. The molecule has 0 heterocycles. The monoisotopic (exact) mass is 174 g/mol. The smallest absolute Gasteiger partial charge is 0.550 e.